The molecule has 1 aromatic heterocycles. The van der Waals surface area contributed by atoms with Crippen molar-refractivity contribution in [3.05, 3.63) is 29.6 Å². The summed E-state index contributed by atoms with van der Waals surface area (Å²) in [5, 5.41) is 10.3. The first-order valence-corrected chi connectivity index (χ1v) is 9.10. The van der Waals surface area contributed by atoms with Crippen LogP contribution in [-0.2, 0) is 11.2 Å². The molecule has 0 aliphatic carbocycles. The van der Waals surface area contributed by atoms with Gasteiger partial charge in [-0.1, -0.05) is 18.1 Å². The third kappa shape index (κ3) is 4.66. The first-order valence-electron chi connectivity index (χ1n) is 9.10. The molecule has 0 spiro atoms. The standard InChI is InChI=1S/C19H26N4O2/c1-3-17-22-19(25-23-17)15-6-4-13(2)16(12-15)21-18(24)7-5-14-8-10-20-11-9-14/h4,6,12,14,20H,3,5,7-11H2,1-2H3,(H,21,24). The molecule has 134 valence electrons. The molecule has 1 aliphatic heterocycles. The Morgan fingerprint density at radius 2 is 2.16 bits per heavy atom. The largest absolute Gasteiger partial charge is 0.334 e. The summed E-state index contributed by atoms with van der Waals surface area (Å²) in [5.41, 5.74) is 2.66. The van der Waals surface area contributed by atoms with Gasteiger partial charge in [0.1, 0.15) is 0 Å². The lowest BCUT2D eigenvalue weighted by Gasteiger charge is -2.22. The lowest BCUT2D eigenvalue weighted by Crippen LogP contribution is -2.28. The molecule has 0 radical (unpaired) electrons. The summed E-state index contributed by atoms with van der Waals surface area (Å²) in [5.74, 6) is 1.90. The van der Waals surface area contributed by atoms with Gasteiger partial charge in [0.05, 0.1) is 0 Å². The van der Waals surface area contributed by atoms with Gasteiger partial charge in [0.15, 0.2) is 5.82 Å². The predicted octanol–water partition coefficient (Wildman–Crippen LogP) is 3.33. The van der Waals surface area contributed by atoms with Crippen molar-refractivity contribution in [3.63, 3.8) is 0 Å². The van der Waals surface area contributed by atoms with E-state index in [1.54, 1.807) is 0 Å². The van der Waals surface area contributed by atoms with Crippen LogP contribution in [0.25, 0.3) is 11.5 Å². The van der Waals surface area contributed by atoms with Gasteiger partial charge in [-0.2, -0.15) is 4.98 Å². The quantitative estimate of drug-likeness (QED) is 0.842. The number of aryl methyl sites for hydroxylation is 2. The van der Waals surface area contributed by atoms with E-state index in [4.69, 9.17) is 4.52 Å². The molecule has 1 saturated heterocycles. The Balaban J connectivity index is 1.62. The fourth-order valence-electron chi connectivity index (χ4n) is 3.12. The molecule has 1 amide bonds. The predicted molar refractivity (Wildman–Crippen MR) is 97.3 cm³/mol. The molecule has 1 fully saturated rings. The van der Waals surface area contributed by atoms with Gasteiger partial charge in [0, 0.05) is 24.1 Å². The van der Waals surface area contributed by atoms with Crippen LogP contribution in [-0.4, -0.2) is 29.1 Å². The molecular formula is C19H26N4O2. The lowest BCUT2D eigenvalue weighted by atomic mass is 9.93. The number of anilines is 1. The number of carbonyl (C=O) groups excluding carboxylic acids is 1. The van der Waals surface area contributed by atoms with E-state index in [9.17, 15) is 4.79 Å². The molecule has 0 saturated carbocycles. The molecule has 6 heteroatoms. The van der Waals surface area contributed by atoms with Crippen LogP contribution >= 0.6 is 0 Å². The highest BCUT2D eigenvalue weighted by molar-refractivity contribution is 5.92. The number of aromatic nitrogens is 2. The average molecular weight is 342 g/mol. The van der Waals surface area contributed by atoms with E-state index in [-0.39, 0.29) is 5.91 Å². The number of hydrogen-bond acceptors (Lipinski definition) is 5. The van der Waals surface area contributed by atoms with E-state index >= 15 is 0 Å². The number of carbonyl (C=O) groups is 1. The molecular weight excluding hydrogens is 316 g/mol. The molecule has 25 heavy (non-hydrogen) atoms. The minimum absolute atomic E-state index is 0.0681. The van der Waals surface area contributed by atoms with Crippen LogP contribution in [0.2, 0.25) is 0 Å². The number of amides is 1. The highest BCUT2D eigenvalue weighted by Crippen LogP contribution is 2.25. The van der Waals surface area contributed by atoms with Crippen LogP contribution in [0.15, 0.2) is 22.7 Å². The number of hydrogen-bond donors (Lipinski definition) is 2. The molecule has 1 aliphatic rings. The van der Waals surface area contributed by atoms with E-state index in [0.717, 1.165) is 42.7 Å². The normalized spacial score (nSPS) is 15.3. The first kappa shape index (κ1) is 17.6. The Morgan fingerprint density at radius 1 is 1.36 bits per heavy atom. The Hall–Kier alpha value is -2.21. The Kier molecular flexibility index (Phi) is 5.81. The zero-order valence-corrected chi connectivity index (χ0v) is 15.0. The number of benzene rings is 1. The molecule has 1 aromatic carbocycles. The molecule has 2 heterocycles. The van der Waals surface area contributed by atoms with Gasteiger partial charge < -0.3 is 15.2 Å². The van der Waals surface area contributed by atoms with Crippen molar-refractivity contribution in [1.29, 1.82) is 0 Å². The van der Waals surface area contributed by atoms with E-state index < -0.39 is 0 Å². The average Bonchev–Trinajstić information content (AvgIpc) is 3.12. The molecule has 3 rings (SSSR count). The van der Waals surface area contributed by atoms with Crippen molar-refractivity contribution in [1.82, 2.24) is 15.5 Å². The topological polar surface area (TPSA) is 80.0 Å². The molecule has 0 bridgehead atoms. The van der Waals surface area contributed by atoms with E-state index in [1.807, 2.05) is 32.0 Å². The summed E-state index contributed by atoms with van der Waals surface area (Å²) in [6.07, 6.45) is 4.58. The number of rotatable bonds is 6. The maximum absolute atomic E-state index is 12.3. The van der Waals surface area contributed by atoms with Crippen molar-refractivity contribution in [3.8, 4) is 11.5 Å². The van der Waals surface area contributed by atoms with Crippen molar-refractivity contribution in [2.24, 2.45) is 5.92 Å². The highest BCUT2D eigenvalue weighted by atomic mass is 16.5. The third-order valence-corrected chi connectivity index (χ3v) is 4.78. The number of nitrogens with one attached hydrogen (secondary N) is 2. The summed E-state index contributed by atoms with van der Waals surface area (Å²) in [7, 11) is 0. The van der Waals surface area contributed by atoms with E-state index in [1.165, 1.54) is 12.8 Å². The van der Waals surface area contributed by atoms with Gasteiger partial charge >= 0.3 is 0 Å². The zero-order valence-electron chi connectivity index (χ0n) is 15.0. The van der Waals surface area contributed by atoms with Crippen LogP contribution in [0, 0.1) is 12.8 Å². The van der Waals surface area contributed by atoms with Crippen LogP contribution < -0.4 is 10.6 Å². The van der Waals surface area contributed by atoms with Crippen LogP contribution in [0.3, 0.4) is 0 Å². The summed E-state index contributed by atoms with van der Waals surface area (Å²) in [6, 6.07) is 5.81. The second-order valence-corrected chi connectivity index (χ2v) is 6.68. The van der Waals surface area contributed by atoms with Crippen molar-refractivity contribution in [2.45, 2.75) is 46.0 Å². The van der Waals surface area contributed by atoms with Crippen molar-refractivity contribution in [2.75, 3.05) is 18.4 Å². The maximum atomic E-state index is 12.3. The van der Waals surface area contributed by atoms with Gasteiger partial charge in [-0.25, -0.2) is 0 Å². The van der Waals surface area contributed by atoms with Gasteiger partial charge in [0.25, 0.3) is 5.89 Å². The van der Waals surface area contributed by atoms with Gasteiger partial charge in [-0.15, -0.1) is 0 Å². The Labute approximate surface area is 148 Å². The monoisotopic (exact) mass is 342 g/mol. The fraction of sp³-hybridized carbons (Fsp3) is 0.526. The van der Waals surface area contributed by atoms with Crippen molar-refractivity contribution < 1.29 is 9.32 Å². The minimum atomic E-state index is 0.0681. The van der Waals surface area contributed by atoms with Gasteiger partial charge in [-0.05, 0) is 62.9 Å². The van der Waals surface area contributed by atoms with E-state index in [2.05, 4.69) is 20.8 Å². The zero-order chi connectivity index (χ0) is 17.6. The second-order valence-electron chi connectivity index (χ2n) is 6.68. The first-order chi connectivity index (χ1) is 12.2. The third-order valence-electron chi connectivity index (χ3n) is 4.78. The SMILES string of the molecule is CCc1noc(-c2ccc(C)c(NC(=O)CCC3CCNCC3)c2)n1. The molecule has 6 nitrogen and oxygen atoms in total. The fourth-order valence-corrected chi connectivity index (χ4v) is 3.12. The summed E-state index contributed by atoms with van der Waals surface area (Å²) < 4.78 is 5.29. The smallest absolute Gasteiger partial charge is 0.257 e. The Morgan fingerprint density at radius 3 is 2.88 bits per heavy atom. The maximum Gasteiger partial charge on any atom is 0.257 e. The molecule has 0 unspecified atom stereocenters. The molecule has 0 atom stereocenters. The van der Waals surface area contributed by atoms with Crippen LogP contribution in [0.4, 0.5) is 5.69 Å². The minimum Gasteiger partial charge on any atom is -0.334 e. The Bertz CT molecular complexity index is 720. The van der Waals surface area contributed by atoms with Crippen molar-refractivity contribution >= 4 is 11.6 Å². The molecule has 2 aromatic rings. The van der Waals surface area contributed by atoms with Crippen LogP contribution in [0.5, 0.6) is 0 Å². The number of piperidine rings is 1. The van der Waals surface area contributed by atoms with Gasteiger partial charge in [0.2, 0.25) is 5.91 Å². The highest BCUT2D eigenvalue weighted by Gasteiger charge is 2.15. The molecule has 2 N–H and O–H groups in total. The second kappa shape index (κ2) is 8.25. The van der Waals surface area contributed by atoms with Gasteiger partial charge in [-0.3, -0.25) is 4.79 Å². The van der Waals surface area contributed by atoms with E-state index in [0.29, 0.717) is 24.1 Å². The summed E-state index contributed by atoms with van der Waals surface area (Å²) in [4.78, 5) is 16.7. The summed E-state index contributed by atoms with van der Waals surface area (Å²) >= 11 is 0. The van der Waals surface area contributed by atoms with Crippen LogP contribution in [0.1, 0.15) is 44.0 Å². The summed E-state index contributed by atoms with van der Waals surface area (Å²) in [6.45, 7) is 6.10. The lowest BCUT2D eigenvalue weighted by molar-refractivity contribution is -0.116. The number of nitrogens with zero attached hydrogens (tertiary/aromatic N) is 2.